The fourth-order valence-corrected chi connectivity index (χ4v) is 4.26. The zero-order valence-electron chi connectivity index (χ0n) is 14.0. The maximum absolute atomic E-state index is 13.8. The normalized spacial score (nSPS) is 29.6. The second-order valence-corrected chi connectivity index (χ2v) is 8.14. The molecule has 8 heteroatoms. The maximum atomic E-state index is 13.8. The predicted octanol–water partition coefficient (Wildman–Crippen LogP) is 4.41. The third kappa shape index (κ3) is 3.03. The molecule has 0 amide bonds. The summed E-state index contributed by atoms with van der Waals surface area (Å²) in [6.07, 6.45) is 2.35. The number of anilines is 1. The van der Waals surface area contributed by atoms with Gasteiger partial charge in [-0.25, -0.2) is 13.9 Å². The van der Waals surface area contributed by atoms with Gasteiger partial charge in [0.05, 0.1) is 5.02 Å². The molecule has 2 N–H and O–H groups in total. The molecule has 0 saturated carbocycles. The molecule has 1 saturated heterocycles. The molecule has 1 aliphatic heterocycles. The van der Waals surface area contributed by atoms with E-state index in [-0.39, 0.29) is 17.1 Å². The second kappa shape index (κ2) is 6.79. The Kier molecular flexibility index (Phi) is 5.03. The van der Waals surface area contributed by atoms with Crippen LogP contribution in [0.3, 0.4) is 0 Å². The molecule has 0 aliphatic carbocycles. The van der Waals surface area contributed by atoms with E-state index in [1.807, 2.05) is 13.0 Å². The number of nitrogens with two attached hydrogens (primary N) is 1. The Hall–Kier alpha value is -1.28. The molecule has 134 valence electrons. The van der Waals surface area contributed by atoms with Crippen LogP contribution in [-0.4, -0.2) is 33.7 Å². The van der Waals surface area contributed by atoms with Crippen molar-refractivity contribution in [1.29, 1.82) is 0 Å². The Morgan fingerprint density at radius 1 is 1.48 bits per heavy atom. The van der Waals surface area contributed by atoms with E-state index in [1.54, 1.807) is 18.3 Å². The number of ether oxygens (including phenoxy) is 1. The summed E-state index contributed by atoms with van der Waals surface area (Å²) in [6.45, 7) is 5.13. The highest BCUT2D eigenvalue weighted by molar-refractivity contribution is 9.10. The first kappa shape index (κ1) is 18.5. The molecule has 3 atom stereocenters. The number of rotatable bonds is 3. The first-order valence-electron chi connectivity index (χ1n) is 8.06. The van der Waals surface area contributed by atoms with Gasteiger partial charge >= 0.3 is 0 Å². The van der Waals surface area contributed by atoms with E-state index >= 15 is 0 Å². The van der Waals surface area contributed by atoms with E-state index in [4.69, 9.17) is 22.1 Å². The Balaban J connectivity index is 2.32. The molecule has 1 fully saturated rings. The van der Waals surface area contributed by atoms with Crippen molar-refractivity contribution in [2.75, 3.05) is 18.9 Å². The molecule has 1 aromatic carbocycles. The summed E-state index contributed by atoms with van der Waals surface area (Å²) in [7, 11) is 0. The highest BCUT2D eigenvalue weighted by Crippen LogP contribution is 2.50. The number of alkyl halides is 1. The number of benzene rings is 1. The monoisotopic (exact) mass is 429 g/mol. The average Bonchev–Trinajstić information content (AvgIpc) is 2.59. The molecule has 5 nitrogen and oxygen atoms in total. The molecule has 2 aromatic rings. The van der Waals surface area contributed by atoms with Crippen LogP contribution in [0.5, 0.6) is 0 Å². The van der Waals surface area contributed by atoms with Gasteiger partial charge in [0.1, 0.15) is 30.8 Å². The number of nitrogen functional groups attached to an aromatic ring is 1. The number of hydrogen-bond acceptors (Lipinski definition) is 4. The van der Waals surface area contributed by atoms with Crippen LogP contribution in [0.4, 0.5) is 21.8 Å². The van der Waals surface area contributed by atoms with E-state index in [0.29, 0.717) is 23.5 Å². The number of aromatic nitrogens is 2. The Bertz CT molecular complexity index is 795. The van der Waals surface area contributed by atoms with Gasteiger partial charge in [0.15, 0.2) is 4.45 Å². The van der Waals surface area contributed by atoms with Crippen molar-refractivity contribution in [3.05, 3.63) is 41.3 Å². The third-order valence-corrected chi connectivity index (χ3v) is 6.43. The van der Waals surface area contributed by atoms with Crippen molar-refractivity contribution in [3.8, 4) is 0 Å². The minimum Gasteiger partial charge on any atom is -0.368 e. The zero-order chi connectivity index (χ0) is 18.2. The van der Waals surface area contributed by atoms with Crippen LogP contribution in [0.15, 0.2) is 30.5 Å². The first-order valence-corrected chi connectivity index (χ1v) is 9.23. The summed E-state index contributed by atoms with van der Waals surface area (Å²) in [4.78, 5) is 8.50. The molecule has 0 radical (unpaired) electrons. The predicted molar refractivity (Wildman–Crippen MR) is 102 cm³/mol. The van der Waals surface area contributed by atoms with Crippen LogP contribution in [0.2, 0.25) is 5.02 Å². The molecular weight excluding hydrogens is 411 g/mol. The number of halogens is 3. The van der Waals surface area contributed by atoms with Crippen LogP contribution in [0, 0.1) is 5.82 Å². The van der Waals surface area contributed by atoms with Gasteiger partial charge in [-0.05, 0) is 28.9 Å². The molecule has 25 heavy (non-hydrogen) atoms. The largest absolute Gasteiger partial charge is 0.368 e. The molecule has 1 aliphatic rings. The van der Waals surface area contributed by atoms with Crippen molar-refractivity contribution in [2.45, 2.75) is 30.8 Å². The van der Waals surface area contributed by atoms with Crippen LogP contribution in [0.1, 0.15) is 20.3 Å². The highest BCUT2D eigenvalue weighted by Gasteiger charge is 2.56. The lowest BCUT2D eigenvalue weighted by molar-refractivity contribution is -0.0424. The molecule has 3 rings (SSSR count). The van der Waals surface area contributed by atoms with Crippen molar-refractivity contribution in [2.24, 2.45) is 0 Å². The van der Waals surface area contributed by atoms with Crippen molar-refractivity contribution < 1.29 is 9.13 Å². The van der Waals surface area contributed by atoms with Gasteiger partial charge < -0.3 is 10.5 Å². The third-order valence-electron chi connectivity index (χ3n) is 4.74. The summed E-state index contributed by atoms with van der Waals surface area (Å²) in [5.74, 6) is 0.445. The number of hydrogen-bond donors (Lipinski definition) is 1. The summed E-state index contributed by atoms with van der Waals surface area (Å²) >= 11 is 9.99. The Labute approximate surface area is 159 Å². The van der Waals surface area contributed by atoms with Gasteiger partial charge in [-0.1, -0.05) is 18.5 Å². The fraction of sp³-hybridized carbons (Fsp3) is 0.412. The molecule has 1 aromatic heterocycles. The Morgan fingerprint density at radius 3 is 2.88 bits per heavy atom. The maximum Gasteiger partial charge on any atom is 0.238 e. The van der Waals surface area contributed by atoms with Gasteiger partial charge in [0.25, 0.3) is 0 Å². The van der Waals surface area contributed by atoms with Gasteiger partial charge in [-0.15, -0.1) is 0 Å². The zero-order valence-corrected chi connectivity index (χ0v) is 16.4. The van der Waals surface area contributed by atoms with E-state index in [0.717, 1.165) is 12.1 Å². The minimum absolute atomic E-state index is 0.0303. The van der Waals surface area contributed by atoms with Crippen molar-refractivity contribution >= 4 is 45.0 Å². The van der Waals surface area contributed by atoms with Gasteiger partial charge in [-0.3, -0.25) is 0 Å². The molecule has 0 spiro atoms. The Morgan fingerprint density at radius 2 is 2.24 bits per heavy atom. The lowest BCUT2D eigenvalue weighted by atomic mass is 10.0. The lowest BCUT2D eigenvalue weighted by Gasteiger charge is -2.52. The summed E-state index contributed by atoms with van der Waals surface area (Å²) < 4.78 is 19.5. The summed E-state index contributed by atoms with van der Waals surface area (Å²) in [5.41, 5.74) is 6.67. The van der Waals surface area contributed by atoms with Crippen LogP contribution < -0.4 is 10.2 Å². The fourth-order valence-electron chi connectivity index (χ4n) is 3.42. The summed E-state index contributed by atoms with van der Waals surface area (Å²) in [5, 5.41) is 0.0714. The van der Waals surface area contributed by atoms with Crippen LogP contribution in [0.25, 0.3) is 0 Å². The van der Waals surface area contributed by atoms with Crippen LogP contribution in [-0.2, 0) is 4.74 Å². The van der Waals surface area contributed by atoms with Gasteiger partial charge in [-0.2, -0.15) is 4.98 Å². The smallest absolute Gasteiger partial charge is 0.238 e. The second-order valence-electron chi connectivity index (χ2n) is 6.26. The van der Waals surface area contributed by atoms with Gasteiger partial charge in [0, 0.05) is 30.8 Å². The molecule has 3 unspecified atom stereocenters. The molecule has 0 bridgehead atoms. The average molecular weight is 431 g/mol. The topological polar surface area (TPSA) is 61.0 Å². The van der Waals surface area contributed by atoms with E-state index in [1.165, 1.54) is 6.07 Å². The van der Waals surface area contributed by atoms with Crippen LogP contribution >= 0.6 is 27.5 Å². The molecule has 2 heterocycles. The lowest BCUT2D eigenvalue weighted by Crippen LogP contribution is -2.67. The SMILES string of the molecule is CCC1(Br)COC(C)C[N+]1(c1ccc(F)c(Cl)c1)c1ccnc(N)n1. The van der Waals surface area contributed by atoms with Crippen molar-refractivity contribution in [3.63, 3.8) is 0 Å². The van der Waals surface area contributed by atoms with Crippen molar-refractivity contribution in [1.82, 2.24) is 14.5 Å². The summed E-state index contributed by atoms with van der Waals surface area (Å²) in [6, 6.07) is 6.60. The quantitative estimate of drug-likeness (QED) is 0.445. The van der Waals surface area contributed by atoms with E-state index in [2.05, 4.69) is 32.8 Å². The highest BCUT2D eigenvalue weighted by atomic mass is 79.9. The number of nitrogens with zero attached hydrogens (tertiary/aromatic N) is 3. The standard InChI is InChI=1S/C17H20BrClFN4O/c1-3-17(18)10-25-11(2)9-24(17,15-6-7-22-16(21)23-15)12-4-5-14(20)13(19)8-12/h4-8,11H,3,9-10H2,1-2H3,(H2,21,22,23)/q+1. The first-order chi connectivity index (χ1) is 11.8. The minimum atomic E-state index is -0.499. The number of quaternary nitrogens is 1. The molecular formula is C17H20BrClFN4O+. The van der Waals surface area contributed by atoms with Gasteiger partial charge in [0.2, 0.25) is 11.8 Å². The van der Waals surface area contributed by atoms with E-state index in [9.17, 15) is 4.39 Å². The van der Waals surface area contributed by atoms with E-state index < -0.39 is 10.3 Å². The number of morpholine rings is 1.